The molecule has 0 aliphatic heterocycles. The molecule has 84 valence electrons. The number of nitrogens with one attached hydrogen (secondary N) is 1. The third kappa shape index (κ3) is 1.73. The molecular weight excluding hydrogens is 200 g/mol. The number of nitrogens with zero attached hydrogens (tertiary/aromatic N) is 1. The van der Waals surface area contributed by atoms with Gasteiger partial charge in [0.15, 0.2) is 5.78 Å². The average Bonchev–Trinajstić information content (AvgIpc) is 2.58. The Morgan fingerprint density at radius 3 is 2.62 bits per heavy atom. The molecule has 0 spiro atoms. The molecule has 0 amide bonds. The number of Topliss-reactive ketones (excluding diaryl/α,β-unsaturated/α-hetero) is 1. The summed E-state index contributed by atoms with van der Waals surface area (Å²) in [5, 5.41) is 0.917. The van der Waals surface area contributed by atoms with Gasteiger partial charge in [-0.2, -0.15) is 0 Å². The van der Waals surface area contributed by atoms with E-state index in [1.165, 1.54) is 0 Å². The minimum atomic E-state index is 0.0481. The van der Waals surface area contributed by atoms with Crippen molar-refractivity contribution in [3.8, 4) is 0 Å². The van der Waals surface area contributed by atoms with Crippen molar-refractivity contribution in [2.24, 2.45) is 0 Å². The first-order valence-electron chi connectivity index (χ1n) is 5.38. The summed E-state index contributed by atoms with van der Waals surface area (Å²) >= 11 is 0. The van der Waals surface area contributed by atoms with Crippen molar-refractivity contribution < 1.29 is 4.79 Å². The average molecular weight is 216 g/mol. The van der Waals surface area contributed by atoms with E-state index >= 15 is 0 Å². The van der Waals surface area contributed by atoms with Gasteiger partial charge in [0, 0.05) is 23.3 Å². The smallest absolute Gasteiger partial charge is 0.162 e. The van der Waals surface area contributed by atoms with Gasteiger partial charge in [-0.05, 0) is 24.0 Å². The Morgan fingerprint density at radius 1 is 1.38 bits per heavy atom. The van der Waals surface area contributed by atoms with Gasteiger partial charge < -0.3 is 4.98 Å². The number of hydrogen-bond donors (Lipinski definition) is 1. The summed E-state index contributed by atoms with van der Waals surface area (Å²) in [6, 6.07) is 2.05. The van der Waals surface area contributed by atoms with Gasteiger partial charge in [-0.1, -0.05) is 20.8 Å². The minimum absolute atomic E-state index is 0.0481. The fraction of sp³-hybridized carbons (Fsp3) is 0.385. The lowest BCUT2D eigenvalue weighted by molar-refractivity contribution is 0.101. The van der Waals surface area contributed by atoms with Crippen molar-refractivity contribution in [1.82, 2.24) is 9.97 Å². The number of carbonyl (C=O) groups is 1. The van der Waals surface area contributed by atoms with Crippen LogP contribution in [0.5, 0.6) is 0 Å². The minimum Gasteiger partial charge on any atom is -0.345 e. The normalized spacial score (nSPS) is 12.0. The van der Waals surface area contributed by atoms with Crippen LogP contribution in [0.4, 0.5) is 0 Å². The molecule has 0 unspecified atom stereocenters. The maximum absolute atomic E-state index is 11.4. The molecule has 0 fully saturated rings. The zero-order chi connectivity index (χ0) is 11.9. The third-order valence-corrected chi connectivity index (χ3v) is 2.78. The first-order chi connectivity index (χ1) is 7.39. The van der Waals surface area contributed by atoms with Crippen LogP contribution in [0.25, 0.3) is 11.0 Å². The number of aromatic amines is 1. The van der Waals surface area contributed by atoms with Crippen LogP contribution in [-0.4, -0.2) is 15.8 Å². The van der Waals surface area contributed by atoms with Crippen LogP contribution in [0.15, 0.2) is 18.5 Å². The Morgan fingerprint density at radius 2 is 2.06 bits per heavy atom. The lowest BCUT2D eigenvalue weighted by Gasteiger charge is -2.18. The number of pyridine rings is 1. The van der Waals surface area contributed by atoms with Gasteiger partial charge in [0.1, 0.15) is 5.65 Å². The van der Waals surface area contributed by atoms with Crippen LogP contribution in [0, 0.1) is 0 Å². The van der Waals surface area contributed by atoms with Crippen molar-refractivity contribution in [2.45, 2.75) is 33.1 Å². The van der Waals surface area contributed by atoms with Gasteiger partial charge in [-0.15, -0.1) is 0 Å². The van der Waals surface area contributed by atoms with Gasteiger partial charge in [0.25, 0.3) is 0 Å². The van der Waals surface area contributed by atoms with Crippen molar-refractivity contribution in [1.29, 1.82) is 0 Å². The number of aromatic nitrogens is 2. The number of carbonyl (C=O) groups excluding carboxylic acids is 1. The topological polar surface area (TPSA) is 45.8 Å². The SMILES string of the molecule is CC(=O)c1c[nH]c2ncc(C(C)(C)C)cc12. The molecule has 3 heteroatoms. The van der Waals surface area contributed by atoms with E-state index in [9.17, 15) is 4.79 Å². The van der Waals surface area contributed by atoms with Crippen LogP contribution in [0.2, 0.25) is 0 Å². The van der Waals surface area contributed by atoms with Crippen LogP contribution in [0.3, 0.4) is 0 Å². The Kier molecular flexibility index (Phi) is 2.34. The number of rotatable bonds is 1. The first kappa shape index (κ1) is 10.9. The summed E-state index contributed by atoms with van der Waals surface area (Å²) < 4.78 is 0. The Hall–Kier alpha value is -1.64. The van der Waals surface area contributed by atoms with E-state index in [0.717, 1.165) is 16.6 Å². The van der Waals surface area contributed by atoms with Crippen molar-refractivity contribution in [2.75, 3.05) is 0 Å². The number of H-pyrrole nitrogens is 1. The fourth-order valence-electron chi connectivity index (χ4n) is 1.70. The summed E-state index contributed by atoms with van der Waals surface area (Å²) in [6.07, 6.45) is 3.59. The van der Waals surface area contributed by atoms with Gasteiger partial charge in [0.05, 0.1) is 0 Å². The molecule has 0 radical (unpaired) electrons. The van der Waals surface area contributed by atoms with E-state index in [0.29, 0.717) is 5.56 Å². The second-order valence-electron chi connectivity index (χ2n) is 5.13. The highest BCUT2D eigenvalue weighted by molar-refractivity contribution is 6.05. The summed E-state index contributed by atoms with van der Waals surface area (Å²) in [6.45, 7) is 7.98. The van der Waals surface area contributed by atoms with E-state index < -0.39 is 0 Å². The maximum atomic E-state index is 11.4. The van der Waals surface area contributed by atoms with Gasteiger partial charge >= 0.3 is 0 Å². The summed E-state index contributed by atoms with van der Waals surface area (Å²) in [7, 11) is 0. The number of ketones is 1. The summed E-state index contributed by atoms with van der Waals surface area (Å²) in [5.41, 5.74) is 2.68. The second kappa shape index (κ2) is 3.44. The summed E-state index contributed by atoms with van der Waals surface area (Å²) in [5.74, 6) is 0.0686. The molecule has 0 bridgehead atoms. The van der Waals surface area contributed by atoms with Crippen molar-refractivity contribution >= 4 is 16.8 Å². The van der Waals surface area contributed by atoms with Gasteiger partial charge in [-0.3, -0.25) is 4.79 Å². The lowest BCUT2D eigenvalue weighted by Crippen LogP contribution is -2.11. The van der Waals surface area contributed by atoms with Crippen LogP contribution < -0.4 is 0 Å². The Balaban J connectivity index is 2.68. The van der Waals surface area contributed by atoms with Crippen molar-refractivity contribution in [3.63, 3.8) is 0 Å². The molecule has 0 aromatic carbocycles. The Bertz CT molecular complexity index is 547. The monoisotopic (exact) mass is 216 g/mol. The quantitative estimate of drug-likeness (QED) is 0.744. The Labute approximate surface area is 94.9 Å². The molecule has 0 atom stereocenters. The van der Waals surface area contributed by atoms with Crippen LogP contribution in [0.1, 0.15) is 43.6 Å². The molecule has 0 saturated heterocycles. The second-order valence-corrected chi connectivity index (χ2v) is 5.13. The van der Waals surface area contributed by atoms with Crippen molar-refractivity contribution in [3.05, 3.63) is 29.6 Å². The predicted octanol–water partition coefficient (Wildman–Crippen LogP) is 3.06. The van der Waals surface area contributed by atoms with E-state index in [-0.39, 0.29) is 11.2 Å². The molecule has 1 N–H and O–H groups in total. The van der Waals surface area contributed by atoms with Gasteiger partial charge in [0.2, 0.25) is 0 Å². The zero-order valence-electron chi connectivity index (χ0n) is 10.1. The molecule has 0 saturated carbocycles. The van der Waals surface area contributed by atoms with E-state index in [1.807, 2.05) is 6.20 Å². The van der Waals surface area contributed by atoms with E-state index in [4.69, 9.17) is 0 Å². The molecule has 0 aliphatic rings. The highest BCUT2D eigenvalue weighted by Gasteiger charge is 2.16. The maximum Gasteiger partial charge on any atom is 0.162 e. The molecule has 2 aromatic heterocycles. The molecule has 16 heavy (non-hydrogen) atoms. The molecule has 2 rings (SSSR count). The highest BCUT2D eigenvalue weighted by atomic mass is 16.1. The van der Waals surface area contributed by atoms with Gasteiger partial charge in [-0.25, -0.2) is 4.98 Å². The molecule has 3 nitrogen and oxygen atoms in total. The highest BCUT2D eigenvalue weighted by Crippen LogP contribution is 2.26. The first-order valence-corrected chi connectivity index (χ1v) is 5.38. The predicted molar refractivity (Wildman–Crippen MR) is 64.8 cm³/mol. The summed E-state index contributed by atoms with van der Waals surface area (Å²) in [4.78, 5) is 18.8. The molecule has 2 heterocycles. The van der Waals surface area contributed by atoms with E-state index in [1.54, 1.807) is 13.1 Å². The third-order valence-electron chi connectivity index (χ3n) is 2.78. The van der Waals surface area contributed by atoms with E-state index in [2.05, 4.69) is 36.8 Å². The number of hydrogen-bond acceptors (Lipinski definition) is 2. The van der Waals surface area contributed by atoms with Crippen LogP contribution in [-0.2, 0) is 5.41 Å². The largest absolute Gasteiger partial charge is 0.345 e. The molecular formula is C13H16N2O. The lowest BCUT2D eigenvalue weighted by atomic mass is 9.87. The molecule has 0 aliphatic carbocycles. The standard InChI is InChI=1S/C13H16N2O/c1-8(16)11-7-15-12-10(11)5-9(6-14-12)13(2,3)4/h5-7H,1-4H3,(H,14,15). The van der Waals surface area contributed by atoms with Crippen LogP contribution >= 0.6 is 0 Å². The zero-order valence-corrected chi connectivity index (χ0v) is 10.1. The fourth-order valence-corrected chi connectivity index (χ4v) is 1.70. The number of fused-ring (bicyclic) bond motifs is 1. The molecule has 2 aromatic rings.